The maximum absolute atomic E-state index is 11.5. The predicted molar refractivity (Wildman–Crippen MR) is 73.9 cm³/mol. The molecule has 1 unspecified atom stereocenters. The molecule has 94 valence electrons. The molecule has 0 saturated carbocycles. The average Bonchev–Trinajstić information content (AvgIpc) is 2.74. The molecule has 18 heavy (non-hydrogen) atoms. The third kappa shape index (κ3) is 2.80. The number of amides is 1. The van der Waals surface area contributed by atoms with Crippen molar-refractivity contribution < 1.29 is 4.79 Å². The summed E-state index contributed by atoms with van der Waals surface area (Å²) in [6.07, 6.45) is 0. The van der Waals surface area contributed by atoms with Gasteiger partial charge in [-0.25, -0.2) is 4.98 Å². The van der Waals surface area contributed by atoms with Crippen molar-refractivity contribution in [1.82, 2.24) is 4.98 Å². The fraction of sp³-hybridized carbons (Fsp3) is 0.167. The number of nitrogens with two attached hydrogens (primary N) is 1. The molecule has 0 aliphatic heterocycles. The Kier molecular flexibility index (Phi) is 3.84. The van der Waals surface area contributed by atoms with E-state index in [4.69, 9.17) is 17.3 Å². The summed E-state index contributed by atoms with van der Waals surface area (Å²) >= 11 is 7.22. The molecule has 1 aromatic heterocycles. The van der Waals surface area contributed by atoms with Crippen molar-refractivity contribution in [2.45, 2.75) is 13.0 Å². The second kappa shape index (κ2) is 5.37. The van der Waals surface area contributed by atoms with Gasteiger partial charge in [0.25, 0.3) is 0 Å². The predicted octanol–water partition coefficient (Wildman–Crippen LogP) is 2.74. The average molecular weight is 282 g/mol. The molecule has 0 aliphatic rings. The Bertz CT molecular complexity index is 553. The minimum absolute atomic E-state index is 0.433. The highest BCUT2D eigenvalue weighted by Gasteiger charge is 2.21. The summed E-state index contributed by atoms with van der Waals surface area (Å²) in [6, 6.07) is 6.53. The van der Waals surface area contributed by atoms with Crippen LogP contribution in [-0.4, -0.2) is 10.9 Å². The molecule has 2 aromatic rings. The van der Waals surface area contributed by atoms with Crippen LogP contribution in [0.3, 0.4) is 0 Å². The van der Waals surface area contributed by atoms with Gasteiger partial charge in [0, 0.05) is 10.7 Å². The van der Waals surface area contributed by atoms with Gasteiger partial charge in [-0.05, 0) is 31.2 Å². The van der Waals surface area contributed by atoms with Crippen LogP contribution in [0.15, 0.2) is 29.8 Å². The fourth-order valence-electron chi connectivity index (χ4n) is 1.57. The van der Waals surface area contributed by atoms with Crippen molar-refractivity contribution >= 4 is 34.5 Å². The SMILES string of the molecule is Cc1ncsc1C(Nc1ccc(Cl)cc1)C(N)=O. The van der Waals surface area contributed by atoms with Crippen LogP contribution in [-0.2, 0) is 4.79 Å². The van der Waals surface area contributed by atoms with Crippen molar-refractivity contribution in [1.29, 1.82) is 0 Å². The van der Waals surface area contributed by atoms with Gasteiger partial charge in [0.1, 0.15) is 6.04 Å². The molecule has 0 fully saturated rings. The maximum atomic E-state index is 11.5. The minimum Gasteiger partial charge on any atom is -0.369 e. The van der Waals surface area contributed by atoms with E-state index in [2.05, 4.69) is 10.3 Å². The molecule has 4 nitrogen and oxygen atoms in total. The van der Waals surface area contributed by atoms with E-state index >= 15 is 0 Å². The van der Waals surface area contributed by atoms with Gasteiger partial charge < -0.3 is 11.1 Å². The molecule has 1 amide bonds. The number of aryl methyl sites for hydroxylation is 1. The molecule has 0 bridgehead atoms. The number of hydrogen-bond donors (Lipinski definition) is 2. The third-order valence-corrected chi connectivity index (χ3v) is 3.73. The van der Waals surface area contributed by atoms with Crippen LogP contribution in [0, 0.1) is 6.92 Å². The largest absolute Gasteiger partial charge is 0.369 e. The molecule has 6 heteroatoms. The molecule has 2 rings (SSSR count). The van der Waals surface area contributed by atoms with Crippen LogP contribution in [0.25, 0.3) is 0 Å². The number of hydrogen-bond acceptors (Lipinski definition) is 4. The highest BCUT2D eigenvalue weighted by atomic mass is 35.5. The van der Waals surface area contributed by atoms with Gasteiger partial charge in [-0.1, -0.05) is 11.6 Å². The van der Waals surface area contributed by atoms with E-state index in [1.165, 1.54) is 11.3 Å². The number of benzene rings is 1. The van der Waals surface area contributed by atoms with Gasteiger partial charge in [-0.15, -0.1) is 11.3 Å². The number of nitrogens with zero attached hydrogens (tertiary/aromatic N) is 1. The summed E-state index contributed by atoms with van der Waals surface area (Å²) in [5.74, 6) is -0.433. The van der Waals surface area contributed by atoms with Gasteiger partial charge >= 0.3 is 0 Å². The van der Waals surface area contributed by atoms with Crippen LogP contribution < -0.4 is 11.1 Å². The lowest BCUT2D eigenvalue weighted by molar-refractivity contribution is -0.118. The normalized spacial score (nSPS) is 12.1. The number of anilines is 1. The lowest BCUT2D eigenvalue weighted by atomic mass is 10.2. The van der Waals surface area contributed by atoms with E-state index < -0.39 is 11.9 Å². The highest BCUT2D eigenvalue weighted by molar-refractivity contribution is 7.10. The van der Waals surface area contributed by atoms with Crippen molar-refractivity contribution in [3.05, 3.63) is 45.4 Å². The summed E-state index contributed by atoms with van der Waals surface area (Å²) in [4.78, 5) is 16.5. The summed E-state index contributed by atoms with van der Waals surface area (Å²) in [5.41, 5.74) is 8.72. The Morgan fingerprint density at radius 3 is 2.61 bits per heavy atom. The Labute approximate surface area is 114 Å². The number of rotatable bonds is 4. The number of carbonyl (C=O) groups excluding carboxylic acids is 1. The Hall–Kier alpha value is -1.59. The first-order chi connectivity index (χ1) is 8.58. The van der Waals surface area contributed by atoms with Crippen LogP contribution >= 0.6 is 22.9 Å². The summed E-state index contributed by atoms with van der Waals surface area (Å²) in [5, 5.41) is 3.73. The van der Waals surface area contributed by atoms with E-state index in [1.54, 1.807) is 29.8 Å². The molecule has 1 atom stereocenters. The van der Waals surface area contributed by atoms with E-state index in [0.717, 1.165) is 16.3 Å². The lowest BCUT2D eigenvalue weighted by Gasteiger charge is -2.15. The molecule has 3 N–H and O–H groups in total. The molecule has 1 heterocycles. The van der Waals surface area contributed by atoms with E-state index in [1.807, 2.05) is 6.92 Å². The van der Waals surface area contributed by atoms with Gasteiger partial charge in [0.2, 0.25) is 5.91 Å². The van der Waals surface area contributed by atoms with Crippen LogP contribution in [0.1, 0.15) is 16.6 Å². The number of primary amides is 1. The van der Waals surface area contributed by atoms with E-state index in [0.29, 0.717) is 5.02 Å². The van der Waals surface area contributed by atoms with Gasteiger partial charge in [0.05, 0.1) is 16.1 Å². The van der Waals surface area contributed by atoms with Crippen LogP contribution in [0.2, 0.25) is 5.02 Å². The summed E-state index contributed by atoms with van der Waals surface area (Å²) in [6.45, 7) is 1.85. The molecule has 0 spiro atoms. The Morgan fingerprint density at radius 1 is 1.44 bits per heavy atom. The third-order valence-electron chi connectivity index (χ3n) is 2.48. The first-order valence-corrected chi connectivity index (χ1v) is 6.55. The number of aromatic nitrogens is 1. The van der Waals surface area contributed by atoms with Gasteiger partial charge in [-0.3, -0.25) is 4.79 Å². The van der Waals surface area contributed by atoms with Gasteiger partial charge in [0.15, 0.2) is 0 Å². The second-order valence-electron chi connectivity index (χ2n) is 3.79. The first-order valence-electron chi connectivity index (χ1n) is 5.29. The smallest absolute Gasteiger partial charge is 0.245 e. The number of halogens is 1. The molecule has 0 radical (unpaired) electrons. The van der Waals surface area contributed by atoms with Crippen molar-refractivity contribution in [2.75, 3.05) is 5.32 Å². The van der Waals surface area contributed by atoms with E-state index in [9.17, 15) is 4.79 Å². The maximum Gasteiger partial charge on any atom is 0.245 e. The van der Waals surface area contributed by atoms with Crippen molar-refractivity contribution in [3.63, 3.8) is 0 Å². The Balaban J connectivity index is 2.25. The second-order valence-corrected chi connectivity index (χ2v) is 5.11. The molecular weight excluding hydrogens is 270 g/mol. The quantitative estimate of drug-likeness (QED) is 0.905. The van der Waals surface area contributed by atoms with Crippen molar-refractivity contribution in [2.24, 2.45) is 5.73 Å². The number of thiazole rings is 1. The Morgan fingerprint density at radius 2 is 2.11 bits per heavy atom. The summed E-state index contributed by atoms with van der Waals surface area (Å²) in [7, 11) is 0. The summed E-state index contributed by atoms with van der Waals surface area (Å²) < 4.78 is 0. The highest BCUT2D eigenvalue weighted by Crippen LogP contribution is 2.26. The lowest BCUT2D eigenvalue weighted by Crippen LogP contribution is -2.27. The fourth-order valence-corrected chi connectivity index (χ4v) is 2.55. The number of nitrogens with one attached hydrogen (secondary N) is 1. The van der Waals surface area contributed by atoms with Crippen LogP contribution in [0.5, 0.6) is 0 Å². The number of carbonyl (C=O) groups is 1. The monoisotopic (exact) mass is 281 g/mol. The van der Waals surface area contributed by atoms with E-state index in [-0.39, 0.29) is 0 Å². The first kappa shape index (κ1) is 12.9. The zero-order valence-electron chi connectivity index (χ0n) is 9.68. The molecule has 1 aromatic carbocycles. The minimum atomic E-state index is -0.571. The zero-order valence-corrected chi connectivity index (χ0v) is 11.3. The molecular formula is C12H12ClN3OS. The zero-order chi connectivity index (χ0) is 13.1. The van der Waals surface area contributed by atoms with Crippen molar-refractivity contribution in [3.8, 4) is 0 Å². The van der Waals surface area contributed by atoms with Gasteiger partial charge in [-0.2, -0.15) is 0 Å². The standard InChI is InChI=1S/C12H12ClN3OS/c1-7-11(18-6-15-7)10(12(14)17)16-9-4-2-8(13)3-5-9/h2-6,10,16H,1H3,(H2,14,17). The van der Waals surface area contributed by atoms with Crippen LogP contribution in [0.4, 0.5) is 5.69 Å². The topological polar surface area (TPSA) is 68.0 Å². The molecule has 0 saturated heterocycles. The molecule has 0 aliphatic carbocycles.